The van der Waals surface area contributed by atoms with Crippen LogP contribution in [0.4, 0.5) is 0 Å². The molecule has 0 bridgehead atoms. The highest BCUT2D eigenvalue weighted by atomic mass is 16.5. The van der Waals surface area contributed by atoms with Gasteiger partial charge in [0.25, 0.3) is 11.9 Å². The molecule has 0 radical (unpaired) electrons. The van der Waals surface area contributed by atoms with Crippen LogP contribution in [-0.2, 0) is 9.53 Å². The van der Waals surface area contributed by atoms with Crippen LogP contribution in [-0.4, -0.2) is 17.5 Å². The summed E-state index contributed by atoms with van der Waals surface area (Å²) in [5.74, 6) is -0.195. The first-order chi connectivity index (χ1) is 6.48. The largest absolute Gasteiger partial charge is 0.448 e. The Labute approximate surface area is 83.5 Å². The Kier molecular flexibility index (Phi) is 1.84. The zero-order chi connectivity index (χ0) is 10.4. The zero-order valence-electron chi connectivity index (χ0n) is 8.67. The summed E-state index contributed by atoms with van der Waals surface area (Å²) in [7, 11) is 0. The first-order valence-electron chi connectivity index (χ1n) is 5.06. The number of aliphatic imine (C=N–C) groups is 1. The molecule has 2 N–H and O–H groups in total. The van der Waals surface area contributed by atoms with Crippen molar-refractivity contribution in [3.8, 4) is 0 Å². The average molecular weight is 196 g/mol. The number of nitrogens with zero attached hydrogens (tertiary/aromatic N) is 1. The average Bonchev–Trinajstić information content (AvgIpc) is 2.35. The van der Waals surface area contributed by atoms with Crippen LogP contribution in [0, 0.1) is 5.41 Å². The van der Waals surface area contributed by atoms with E-state index < -0.39 is 5.60 Å². The Balaban J connectivity index is 2.35. The van der Waals surface area contributed by atoms with Crippen LogP contribution in [0.15, 0.2) is 4.99 Å². The molecular weight excluding hydrogens is 180 g/mol. The molecule has 2 aliphatic rings. The Morgan fingerprint density at radius 2 is 2.00 bits per heavy atom. The van der Waals surface area contributed by atoms with E-state index in [1.807, 2.05) is 0 Å². The van der Waals surface area contributed by atoms with E-state index >= 15 is 0 Å². The molecule has 14 heavy (non-hydrogen) atoms. The summed E-state index contributed by atoms with van der Waals surface area (Å²) in [6.45, 7) is 4.11. The van der Waals surface area contributed by atoms with Gasteiger partial charge in [-0.05, 0) is 19.3 Å². The topological polar surface area (TPSA) is 64.7 Å². The summed E-state index contributed by atoms with van der Waals surface area (Å²) >= 11 is 0. The molecule has 0 aromatic rings. The van der Waals surface area contributed by atoms with Gasteiger partial charge in [0.15, 0.2) is 5.60 Å². The van der Waals surface area contributed by atoms with E-state index in [9.17, 15) is 4.79 Å². The molecule has 1 unspecified atom stereocenters. The number of amides is 1. The van der Waals surface area contributed by atoms with Gasteiger partial charge < -0.3 is 10.5 Å². The third-order valence-electron chi connectivity index (χ3n) is 3.51. The molecule has 1 amide bonds. The summed E-state index contributed by atoms with van der Waals surface area (Å²) in [4.78, 5) is 15.5. The molecule has 78 valence electrons. The van der Waals surface area contributed by atoms with Gasteiger partial charge in [0.2, 0.25) is 0 Å². The Hall–Kier alpha value is -1.06. The van der Waals surface area contributed by atoms with Gasteiger partial charge in [0, 0.05) is 5.41 Å². The standard InChI is InChI=1S/C10H16N2O2/c1-9(2)5-3-4-6-10(9)7(13)12-8(11)14-10/h3-6H2,1-2H3,(H2,11,12,13). The normalized spacial score (nSPS) is 35.6. The molecule has 4 heteroatoms. The first kappa shape index (κ1) is 9.49. The van der Waals surface area contributed by atoms with Gasteiger partial charge >= 0.3 is 0 Å². The number of nitrogens with two attached hydrogens (primary N) is 1. The number of rotatable bonds is 0. The lowest BCUT2D eigenvalue weighted by Crippen LogP contribution is -2.53. The van der Waals surface area contributed by atoms with Gasteiger partial charge in [-0.25, -0.2) is 0 Å². The van der Waals surface area contributed by atoms with Gasteiger partial charge in [-0.2, -0.15) is 4.99 Å². The number of ether oxygens (including phenoxy) is 1. The highest BCUT2D eigenvalue weighted by Crippen LogP contribution is 2.48. The second kappa shape index (κ2) is 2.72. The molecule has 0 aromatic carbocycles. The summed E-state index contributed by atoms with van der Waals surface area (Å²) < 4.78 is 5.50. The van der Waals surface area contributed by atoms with Crippen LogP contribution in [0.1, 0.15) is 39.5 Å². The van der Waals surface area contributed by atoms with Crippen molar-refractivity contribution in [2.24, 2.45) is 16.1 Å². The zero-order valence-corrected chi connectivity index (χ0v) is 8.67. The SMILES string of the molecule is CC1(C)CCCCC12OC(N)=NC2=O. The third kappa shape index (κ3) is 1.06. The fourth-order valence-electron chi connectivity index (χ4n) is 2.50. The molecule has 1 spiro atoms. The van der Waals surface area contributed by atoms with Crippen molar-refractivity contribution in [2.45, 2.75) is 45.1 Å². The summed E-state index contributed by atoms with van der Waals surface area (Å²) in [5.41, 5.74) is 4.53. The van der Waals surface area contributed by atoms with E-state index in [0.717, 1.165) is 25.7 Å². The molecule has 1 heterocycles. The minimum Gasteiger partial charge on any atom is -0.448 e. The van der Waals surface area contributed by atoms with Crippen molar-refractivity contribution in [2.75, 3.05) is 0 Å². The summed E-state index contributed by atoms with van der Waals surface area (Å²) in [6.07, 6.45) is 3.88. The lowest BCUT2D eigenvalue weighted by Gasteiger charge is -2.44. The number of hydrogen-bond donors (Lipinski definition) is 1. The molecule has 1 aliphatic carbocycles. The van der Waals surface area contributed by atoms with Gasteiger partial charge in [-0.1, -0.05) is 20.3 Å². The van der Waals surface area contributed by atoms with Gasteiger partial charge in [0.05, 0.1) is 0 Å². The van der Waals surface area contributed by atoms with Crippen LogP contribution < -0.4 is 5.73 Å². The van der Waals surface area contributed by atoms with Crippen LogP contribution in [0.25, 0.3) is 0 Å². The Morgan fingerprint density at radius 3 is 2.50 bits per heavy atom. The Morgan fingerprint density at radius 1 is 1.36 bits per heavy atom. The van der Waals surface area contributed by atoms with Crippen LogP contribution in [0.5, 0.6) is 0 Å². The second-order valence-corrected chi connectivity index (χ2v) is 4.78. The predicted octanol–water partition coefficient (Wildman–Crippen LogP) is 1.20. The highest BCUT2D eigenvalue weighted by Gasteiger charge is 2.57. The van der Waals surface area contributed by atoms with Crippen LogP contribution in [0.3, 0.4) is 0 Å². The van der Waals surface area contributed by atoms with E-state index in [4.69, 9.17) is 10.5 Å². The fraction of sp³-hybridized carbons (Fsp3) is 0.800. The van der Waals surface area contributed by atoms with E-state index in [2.05, 4.69) is 18.8 Å². The smallest absolute Gasteiger partial charge is 0.295 e. The van der Waals surface area contributed by atoms with Crippen molar-refractivity contribution in [1.82, 2.24) is 0 Å². The maximum atomic E-state index is 11.8. The van der Waals surface area contributed by atoms with Crippen molar-refractivity contribution < 1.29 is 9.53 Å². The number of hydrogen-bond acceptors (Lipinski definition) is 3. The lowest BCUT2D eigenvalue weighted by atomic mass is 9.65. The molecule has 0 aromatic heterocycles. The van der Waals surface area contributed by atoms with E-state index in [-0.39, 0.29) is 17.3 Å². The van der Waals surface area contributed by atoms with E-state index in [1.54, 1.807) is 0 Å². The minimum atomic E-state index is -0.769. The van der Waals surface area contributed by atoms with Gasteiger partial charge in [-0.3, -0.25) is 4.79 Å². The second-order valence-electron chi connectivity index (χ2n) is 4.78. The number of carbonyl (C=O) groups is 1. The summed E-state index contributed by atoms with van der Waals surface area (Å²) in [6, 6.07) is 0.0324. The van der Waals surface area contributed by atoms with Crippen molar-refractivity contribution in [3.63, 3.8) is 0 Å². The first-order valence-corrected chi connectivity index (χ1v) is 5.06. The van der Waals surface area contributed by atoms with Crippen molar-refractivity contribution in [3.05, 3.63) is 0 Å². The van der Waals surface area contributed by atoms with Crippen molar-refractivity contribution in [1.29, 1.82) is 0 Å². The molecule has 1 atom stereocenters. The number of amidine groups is 1. The molecule has 0 saturated heterocycles. The monoisotopic (exact) mass is 196 g/mol. The quantitative estimate of drug-likeness (QED) is 0.633. The van der Waals surface area contributed by atoms with Crippen molar-refractivity contribution >= 4 is 11.9 Å². The van der Waals surface area contributed by atoms with E-state index in [1.165, 1.54) is 0 Å². The van der Waals surface area contributed by atoms with Crippen LogP contribution >= 0.6 is 0 Å². The van der Waals surface area contributed by atoms with Crippen LogP contribution in [0.2, 0.25) is 0 Å². The molecule has 1 fully saturated rings. The maximum Gasteiger partial charge on any atom is 0.295 e. The van der Waals surface area contributed by atoms with E-state index in [0.29, 0.717) is 0 Å². The molecule has 4 nitrogen and oxygen atoms in total. The lowest BCUT2D eigenvalue weighted by molar-refractivity contribution is -0.147. The fourth-order valence-corrected chi connectivity index (χ4v) is 2.50. The third-order valence-corrected chi connectivity index (χ3v) is 3.51. The van der Waals surface area contributed by atoms with Gasteiger partial charge in [0.1, 0.15) is 0 Å². The number of carbonyl (C=O) groups excluding carboxylic acids is 1. The summed E-state index contributed by atoms with van der Waals surface area (Å²) in [5, 5.41) is 0. The molecule has 1 aliphatic heterocycles. The Bertz CT molecular complexity index is 309. The minimum absolute atomic E-state index is 0.0324. The molecule has 1 saturated carbocycles. The van der Waals surface area contributed by atoms with Gasteiger partial charge in [-0.15, -0.1) is 0 Å². The molecular formula is C10H16N2O2. The highest BCUT2D eigenvalue weighted by molar-refractivity contribution is 6.01. The predicted molar refractivity (Wildman–Crippen MR) is 52.7 cm³/mol. The maximum absolute atomic E-state index is 11.8. The molecule has 2 rings (SSSR count).